The number of rotatable bonds is 2. The Labute approximate surface area is 136 Å². The average molecular weight is 344 g/mol. The van der Waals surface area contributed by atoms with E-state index in [1.54, 1.807) is 19.7 Å². The SMILES string of the molecule is CC1=CCC(C)=[C]1[V+3][C]1=C(C)CC=C1C.[Cl-].[Cl-].[Cl-]. The molecule has 2 rings (SSSR count). The first-order chi connectivity index (χ1) is 7.09. The van der Waals surface area contributed by atoms with Crippen molar-refractivity contribution in [1.29, 1.82) is 0 Å². The molecule has 0 heterocycles. The molecule has 0 radical (unpaired) electrons. The normalized spacial score (nSPS) is 17.3. The van der Waals surface area contributed by atoms with E-state index in [4.69, 9.17) is 0 Å². The smallest absolute Gasteiger partial charge is 1.00 e. The molecule has 0 aromatic heterocycles. The van der Waals surface area contributed by atoms with Gasteiger partial charge in [0.2, 0.25) is 0 Å². The third kappa shape index (κ3) is 4.22. The van der Waals surface area contributed by atoms with Crippen LogP contribution in [0.15, 0.2) is 43.0 Å². The molecule has 100 valence electrons. The average Bonchev–Trinajstić information content (AvgIpc) is 2.67. The molecular formula is C14H18Cl3V. The van der Waals surface area contributed by atoms with Crippen LogP contribution in [0, 0.1) is 0 Å². The summed E-state index contributed by atoms with van der Waals surface area (Å²) in [6, 6.07) is 0. The van der Waals surface area contributed by atoms with Gasteiger partial charge in [-0.15, -0.1) is 0 Å². The van der Waals surface area contributed by atoms with E-state index in [-0.39, 0.29) is 53.5 Å². The van der Waals surface area contributed by atoms with E-state index in [1.807, 2.05) is 0 Å². The van der Waals surface area contributed by atoms with Crippen molar-refractivity contribution >= 4 is 0 Å². The van der Waals surface area contributed by atoms with Gasteiger partial charge in [-0.3, -0.25) is 0 Å². The summed E-state index contributed by atoms with van der Waals surface area (Å²) >= 11 is 0.238. The molecule has 0 aromatic rings. The fourth-order valence-electron chi connectivity index (χ4n) is 2.15. The summed E-state index contributed by atoms with van der Waals surface area (Å²) in [6.45, 7) is 9.13. The Balaban J connectivity index is 0. The van der Waals surface area contributed by atoms with E-state index >= 15 is 0 Å². The molecule has 0 nitrogen and oxygen atoms in total. The molecule has 0 saturated heterocycles. The minimum atomic E-state index is 0. The summed E-state index contributed by atoms with van der Waals surface area (Å²) in [4.78, 5) is 0. The fourth-order valence-corrected chi connectivity index (χ4v) is 4.22. The zero-order valence-electron chi connectivity index (χ0n) is 11.2. The Morgan fingerprint density at radius 1 is 0.722 bits per heavy atom. The molecule has 2 aliphatic carbocycles. The molecular weight excluding hydrogens is 325 g/mol. The molecule has 0 atom stereocenters. The van der Waals surface area contributed by atoms with Crippen molar-refractivity contribution in [2.24, 2.45) is 0 Å². The molecule has 0 aliphatic heterocycles. The summed E-state index contributed by atoms with van der Waals surface area (Å²) < 4.78 is 3.35. The van der Waals surface area contributed by atoms with Crippen LogP contribution in [0.5, 0.6) is 0 Å². The number of hydrogen-bond acceptors (Lipinski definition) is 0. The second-order valence-corrected chi connectivity index (χ2v) is 6.30. The first kappa shape index (κ1) is 20.7. The van der Waals surface area contributed by atoms with Crippen molar-refractivity contribution in [1.82, 2.24) is 0 Å². The van der Waals surface area contributed by atoms with Crippen molar-refractivity contribution < 1.29 is 53.5 Å². The third-order valence-corrected chi connectivity index (χ3v) is 6.20. The Bertz CT molecular complexity index is 388. The van der Waals surface area contributed by atoms with Crippen molar-refractivity contribution in [3.05, 3.63) is 43.0 Å². The largest absolute Gasteiger partial charge is 1.00 e. The van der Waals surface area contributed by atoms with Gasteiger partial charge >= 0.3 is 99.8 Å². The van der Waals surface area contributed by atoms with Crippen LogP contribution >= 0.6 is 0 Å². The van der Waals surface area contributed by atoms with Gasteiger partial charge in [-0.2, -0.15) is 0 Å². The predicted octanol–water partition coefficient (Wildman–Crippen LogP) is -4.67. The topological polar surface area (TPSA) is 0 Å². The Morgan fingerprint density at radius 2 is 1.06 bits per heavy atom. The van der Waals surface area contributed by atoms with Gasteiger partial charge in [-0.1, -0.05) is 0 Å². The fraction of sp³-hybridized carbons (Fsp3) is 0.429. The molecule has 0 amide bonds. The molecule has 0 unspecified atom stereocenters. The summed E-state index contributed by atoms with van der Waals surface area (Å²) in [5.74, 6) is 0. The Hall–Kier alpha value is 0.414. The third-order valence-electron chi connectivity index (χ3n) is 3.21. The van der Waals surface area contributed by atoms with E-state index in [1.165, 1.54) is 24.0 Å². The van der Waals surface area contributed by atoms with Gasteiger partial charge in [0.05, 0.1) is 0 Å². The molecule has 0 aromatic carbocycles. The maximum absolute atomic E-state index is 2.38. The standard InChI is InChI=1S/2C7H9.3ClH.V/c2*1-6-3-4-7(2)5-6;;;;/h2*3H,4H2,1-2H3;3*1H;/q;;;;;+3/p-3. The maximum atomic E-state index is 2.38. The maximum Gasteiger partial charge on any atom is -1.00 e. The van der Waals surface area contributed by atoms with Crippen molar-refractivity contribution in [3.63, 3.8) is 0 Å². The van der Waals surface area contributed by atoms with Crippen LogP contribution < -0.4 is 37.2 Å². The number of hydrogen-bond donors (Lipinski definition) is 0. The van der Waals surface area contributed by atoms with E-state index in [0.29, 0.717) is 0 Å². The van der Waals surface area contributed by atoms with E-state index in [0.717, 1.165) is 0 Å². The zero-order valence-corrected chi connectivity index (χ0v) is 14.8. The van der Waals surface area contributed by atoms with Gasteiger partial charge in [-0.05, 0) is 0 Å². The molecule has 4 heteroatoms. The molecule has 0 spiro atoms. The van der Waals surface area contributed by atoms with E-state index in [2.05, 4.69) is 39.8 Å². The summed E-state index contributed by atoms with van der Waals surface area (Å²) in [5.41, 5.74) is 6.28. The summed E-state index contributed by atoms with van der Waals surface area (Å²) in [7, 11) is 0. The minimum Gasteiger partial charge on any atom is -1.00 e. The number of allylic oxidation sites excluding steroid dienone is 8. The van der Waals surface area contributed by atoms with Crippen molar-refractivity contribution in [3.8, 4) is 0 Å². The van der Waals surface area contributed by atoms with Crippen LogP contribution in [0.25, 0.3) is 0 Å². The Kier molecular flexibility index (Phi) is 9.85. The summed E-state index contributed by atoms with van der Waals surface area (Å²) in [6.07, 6.45) is 7.13. The minimum absolute atomic E-state index is 0. The Morgan fingerprint density at radius 3 is 1.28 bits per heavy atom. The van der Waals surface area contributed by atoms with Gasteiger partial charge in [0, 0.05) is 0 Å². The van der Waals surface area contributed by atoms with Gasteiger partial charge in [-0.25, -0.2) is 0 Å². The second-order valence-electron chi connectivity index (χ2n) is 4.55. The van der Waals surface area contributed by atoms with Gasteiger partial charge in [0.25, 0.3) is 0 Å². The van der Waals surface area contributed by atoms with Crippen LogP contribution in [0.1, 0.15) is 40.5 Å². The van der Waals surface area contributed by atoms with Crippen LogP contribution in [-0.4, -0.2) is 0 Å². The van der Waals surface area contributed by atoms with Crippen LogP contribution in [0.2, 0.25) is 0 Å². The predicted molar refractivity (Wildman–Crippen MR) is 62.1 cm³/mol. The van der Waals surface area contributed by atoms with Crippen LogP contribution in [0.3, 0.4) is 0 Å². The molecule has 2 aliphatic rings. The molecule has 0 saturated carbocycles. The first-order valence-corrected chi connectivity index (χ1v) is 6.94. The first-order valence-electron chi connectivity index (χ1n) is 5.55. The molecule has 0 bridgehead atoms. The van der Waals surface area contributed by atoms with Gasteiger partial charge in [0.1, 0.15) is 0 Å². The monoisotopic (exact) mass is 342 g/mol. The molecule has 0 N–H and O–H groups in total. The summed E-state index contributed by atoms with van der Waals surface area (Å²) in [5, 5.41) is 0. The second kappa shape index (κ2) is 8.56. The molecule has 0 fully saturated rings. The van der Waals surface area contributed by atoms with Gasteiger partial charge < -0.3 is 37.2 Å². The molecule has 18 heavy (non-hydrogen) atoms. The zero-order chi connectivity index (χ0) is 11.0. The van der Waals surface area contributed by atoms with Crippen LogP contribution in [0.4, 0.5) is 0 Å². The van der Waals surface area contributed by atoms with Gasteiger partial charge in [0.15, 0.2) is 0 Å². The number of halogens is 3. The van der Waals surface area contributed by atoms with E-state index in [9.17, 15) is 0 Å². The van der Waals surface area contributed by atoms with E-state index < -0.39 is 0 Å². The van der Waals surface area contributed by atoms with Crippen molar-refractivity contribution in [2.75, 3.05) is 0 Å². The quantitative estimate of drug-likeness (QED) is 0.473. The van der Waals surface area contributed by atoms with Crippen LogP contribution in [-0.2, 0) is 16.3 Å². The van der Waals surface area contributed by atoms with Crippen molar-refractivity contribution in [2.45, 2.75) is 40.5 Å².